The summed E-state index contributed by atoms with van der Waals surface area (Å²) < 4.78 is 24.7. The SMILES string of the molecule is COc1cc(F)ccc1-c1ccc2c(c1)COCCC2CNc1cnccc1C(=O)O. The monoisotopic (exact) mass is 422 g/mol. The molecular weight excluding hydrogens is 399 g/mol. The first-order chi connectivity index (χ1) is 15.1. The van der Waals surface area contributed by atoms with Gasteiger partial charge in [0.15, 0.2) is 0 Å². The first kappa shape index (κ1) is 20.8. The molecule has 1 atom stereocenters. The largest absolute Gasteiger partial charge is 0.496 e. The van der Waals surface area contributed by atoms with Crippen molar-refractivity contribution in [3.63, 3.8) is 0 Å². The molecule has 0 saturated heterocycles. The predicted molar refractivity (Wildman–Crippen MR) is 115 cm³/mol. The Labute approximate surface area is 179 Å². The number of carboxylic acids is 1. The van der Waals surface area contributed by atoms with Crippen LogP contribution in [0.1, 0.15) is 33.8 Å². The van der Waals surface area contributed by atoms with E-state index in [0.29, 0.717) is 31.2 Å². The third kappa shape index (κ3) is 4.51. The number of ether oxygens (including phenoxy) is 2. The molecule has 0 amide bonds. The van der Waals surface area contributed by atoms with Crippen LogP contribution in [0.5, 0.6) is 5.75 Å². The minimum absolute atomic E-state index is 0.142. The average Bonchev–Trinajstić information content (AvgIpc) is 2.99. The van der Waals surface area contributed by atoms with Crippen molar-refractivity contribution in [3.05, 3.63) is 77.4 Å². The number of aromatic nitrogens is 1. The maximum absolute atomic E-state index is 13.6. The molecule has 0 radical (unpaired) electrons. The number of nitrogens with zero attached hydrogens (tertiary/aromatic N) is 1. The van der Waals surface area contributed by atoms with Crippen LogP contribution in [0.25, 0.3) is 11.1 Å². The van der Waals surface area contributed by atoms with Gasteiger partial charge in [0.05, 0.1) is 31.2 Å². The van der Waals surface area contributed by atoms with Crippen molar-refractivity contribution in [2.45, 2.75) is 18.9 Å². The quantitative estimate of drug-likeness (QED) is 0.599. The second kappa shape index (κ2) is 9.14. The molecule has 2 heterocycles. The fourth-order valence-corrected chi connectivity index (χ4v) is 3.93. The summed E-state index contributed by atoms with van der Waals surface area (Å²) in [5, 5.41) is 12.6. The first-order valence-corrected chi connectivity index (χ1v) is 10.0. The highest BCUT2D eigenvalue weighted by atomic mass is 19.1. The van der Waals surface area contributed by atoms with E-state index in [9.17, 15) is 14.3 Å². The first-order valence-electron chi connectivity index (χ1n) is 10.0. The fraction of sp³-hybridized carbons (Fsp3) is 0.250. The lowest BCUT2D eigenvalue weighted by Crippen LogP contribution is -2.16. The number of nitrogens with one attached hydrogen (secondary N) is 1. The van der Waals surface area contributed by atoms with Gasteiger partial charge in [-0.1, -0.05) is 12.1 Å². The van der Waals surface area contributed by atoms with Crippen LogP contribution in [0.2, 0.25) is 0 Å². The van der Waals surface area contributed by atoms with E-state index in [-0.39, 0.29) is 17.3 Å². The molecule has 0 fully saturated rings. The van der Waals surface area contributed by atoms with Gasteiger partial charge in [-0.2, -0.15) is 0 Å². The molecule has 160 valence electrons. The molecule has 7 heteroatoms. The molecule has 3 aromatic rings. The standard InChI is InChI=1S/C24H23FN2O4/c1-30-23-11-18(25)3-5-20(23)15-2-4-19-16(7-9-31-14-17(19)10-15)12-27-22-13-26-8-6-21(22)24(28)29/h2-6,8,10-11,13,16,27H,7,9,12,14H2,1H3,(H,28,29). The van der Waals surface area contributed by atoms with E-state index >= 15 is 0 Å². The molecule has 0 bridgehead atoms. The lowest BCUT2D eigenvalue weighted by Gasteiger charge is -2.20. The van der Waals surface area contributed by atoms with Crippen molar-refractivity contribution in [1.82, 2.24) is 4.98 Å². The van der Waals surface area contributed by atoms with E-state index in [1.165, 1.54) is 37.7 Å². The van der Waals surface area contributed by atoms with Crippen molar-refractivity contribution in [2.75, 3.05) is 25.6 Å². The van der Waals surface area contributed by atoms with E-state index in [2.05, 4.69) is 22.4 Å². The van der Waals surface area contributed by atoms with Gasteiger partial charge in [0, 0.05) is 36.9 Å². The molecule has 1 aliphatic rings. The number of benzene rings is 2. The Morgan fingerprint density at radius 2 is 2.16 bits per heavy atom. The van der Waals surface area contributed by atoms with E-state index < -0.39 is 5.97 Å². The van der Waals surface area contributed by atoms with Gasteiger partial charge in [-0.05, 0) is 47.4 Å². The summed E-state index contributed by atoms with van der Waals surface area (Å²) in [6.07, 6.45) is 3.80. The summed E-state index contributed by atoms with van der Waals surface area (Å²) in [6.45, 7) is 1.65. The Morgan fingerprint density at radius 1 is 1.29 bits per heavy atom. The Balaban J connectivity index is 1.61. The second-order valence-corrected chi connectivity index (χ2v) is 7.40. The lowest BCUT2D eigenvalue weighted by molar-refractivity contribution is 0.0697. The zero-order valence-electron chi connectivity index (χ0n) is 17.1. The van der Waals surface area contributed by atoms with Crippen molar-refractivity contribution in [2.24, 2.45) is 0 Å². The molecule has 31 heavy (non-hydrogen) atoms. The minimum Gasteiger partial charge on any atom is -0.496 e. The van der Waals surface area contributed by atoms with E-state index in [1.54, 1.807) is 6.07 Å². The third-order valence-electron chi connectivity index (χ3n) is 5.52. The van der Waals surface area contributed by atoms with Gasteiger partial charge in [-0.15, -0.1) is 0 Å². The fourth-order valence-electron chi connectivity index (χ4n) is 3.93. The molecule has 0 saturated carbocycles. The lowest BCUT2D eigenvalue weighted by atomic mass is 9.90. The number of carbonyl (C=O) groups is 1. The highest BCUT2D eigenvalue weighted by Gasteiger charge is 2.21. The molecule has 4 rings (SSSR count). The predicted octanol–water partition coefficient (Wildman–Crippen LogP) is 4.71. The van der Waals surface area contributed by atoms with Crippen molar-refractivity contribution < 1.29 is 23.8 Å². The van der Waals surface area contributed by atoms with Crippen molar-refractivity contribution in [1.29, 1.82) is 0 Å². The summed E-state index contributed by atoms with van der Waals surface area (Å²) in [5.41, 5.74) is 4.63. The van der Waals surface area contributed by atoms with Crippen molar-refractivity contribution >= 4 is 11.7 Å². The van der Waals surface area contributed by atoms with Crippen molar-refractivity contribution in [3.8, 4) is 16.9 Å². The van der Waals surface area contributed by atoms with E-state index in [4.69, 9.17) is 9.47 Å². The number of anilines is 1. The molecule has 6 nitrogen and oxygen atoms in total. The normalized spacial score (nSPS) is 15.6. The summed E-state index contributed by atoms with van der Waals surface area (Å²) in [7, 11) is 1.52. The summed E-state index contributed by atoms with van der Waals surface area (Å²) in [5.74, 6) is -0.720. The number of hydrogen-bond acceptors (Lipinski definition) is 5. The molecule has 1 aromatic heterocycles. The topological polar surface area (TPSA) is 80.7 Å². The van der Waals surface area contributed by atoms with Crippen LogP contribution >= 0.6 is 0 Å². The summed E-state index contributed by atoms with van der Waals surface area (Å²) in [6, 6.07) is 12.1. The molecular formula is C24H23FN2O4. The molecule has 2 N–H and O–H groups in total. The number of pyridine rings is 1. The Morgan fingerprint density at radius 3 is 2.97 bits per heavy atom. The smallest absolute Gasteiger partial charge is 0.337 e. The maximum Gasteiger partial charge on any atom is 0.337 e. The van der Waals surface area contributed by atoms with Gasteiger partial charge < -0.3 is 19.9 Å². The number of halogens is 1. The summed E-state index contributed by atoms with van der Waals surface area (Å²) in [4.78, 5) is 15.5. The Hall–Kier alpha value is -3.45. The number of aromatic carboxylic acids is 1. The molecule has 1 unspecified atom stereocenters. The highest BCUT2D eigenvalue weighted by Crippen LogP contribution is 2.35. The van der Waals surface area contributed by atoms with Gasteiger partial charge in [0.25, 0.3) is 0 Å². The third-order valence-corrected chi connectivity index (χ3v) is 5.52. The maximum atomic E-state index is 13.6. The Bertz CT molecular complexity index is 1100. The van der Waals surface area contributed by atoms with Crippen LogP contribution in [0.3, 0.4) is 0 Å². The van der Waals surface area contributed by atoms with E-state index in [0.717, 1.165) is 28.7 Å². The Kier molecular flexibility index (Phi) is 6.13. The minimum atomic E-state index is -0.993. The molecule has 0 spiro atoms. The van der Waals surface area contributed by atoms with Gasteiger partial charge in [0.2, 0.25) is 0 Å². The van der Waals surface area contributed by atoms with Crippen LogP contribution in [-0.4, -0.2) is 36.3 Å². The molecule has 1 aliphatic heterocycles. The molecule has 0 aliphatic carbocycles. The molecule has 2 aromatic carbocycles. The van der Waals surface area contributed by atoms with Crippen LogP contribution in [0, 0.1) is 5.82 Å². The number of fused-ring (bicyclic) bond motifs is 1. The second-order valence-electron chi connectivity index (χ2n) is 7.40. The number of methoxy groups -OCH3 is 1. The highest BCUT2D eigenvalue weighted by molar-refractivity contribution is 5.93. The van der Waals surface area contributed by atoms with Gasteiger partial charge in [-0.25, -0.2) is 9.18 Å². The van der Waals surface area contributed by atoms with Gasteiger partial charge >= 0.3 is 5.97 Å². The van der Waals surface area contributed by atoms with Gasteiger partial charge in [-0.3, -0.25) is 4.98 Å². The summed E-state index contributed by atoms with van der Waals surface area (Å²) >= 11 is 0. The zero-order valence-corrected chi connectivity index (χ0v) is 17.1. The van der Waals surface area contributed by atoms with Crippen LogP contribution in [-0.2, 0) is 11.3 Å². The van der Waals surface area contributed by atoms with Crippen LogP contribution in [0.4, 0.5) is 10.1 Å². The average molecular weight is 422 g/mol. The number of carboxylic acid groups (broad SMARTS) is 1. The van der Waals surface area contributed by atoms with Crippen LogP contribution in [0.15, 0.2) is 54.9 Å². The van der Waals surface area contributed by atoms with Crippen LogP contribution < -0.4 is 10.1 Å². The van der Waals surface area contributed by atoms with E-state index in [1.807, 2.05) is 6.07 Å². The number of rotatable bonds is 6. The van der Waals surface area contributed by atoms with Gasteiger partial charge in [0.1, 0.15) is 11.6 Å². The number of hydrogen-bond donors (Lipinski definition) is 2. The zero-order chi connectivity index (χ0) is 21.8.